The summed E-state index contributed by atoms with van der Waals surface area (Å²) in [7, 11) is 1.39. The molecular weight excluding hydrogens is 512 g/mol. The molecule has 8 nitrogen and oxygen atoms in total. The van der Waals surface area contributed by atoms with Crippen LogP contribution in [0.2, 0.25) is 5.02 Å². The fourth-order valence-corrected chi connectivity index (χ4v) is 4.11. The normalized spacial score (nSPS) is 14.8. The number of primary amides is 1. The number of hydrogen-bond acceptors (Lipinski definition) is 7. The van der Waals surface area contributed by atoms with Crippen LogP contribution in [0.1, 0.15) is 15.9 Å². The lowest BCUT2D eigenvalue weighted by molar-refractivity contribution is -0.127. The van der Waals surface area contributed by atoms with Crippen LogP contribution in [0.5, 0.6) is 11.5 Å². The zero-order valence-electron chi connectivity index (χ0n) is 15.9. The molecule has 0 atom stereocenters. The average molecular weight is 526 g/mol. The first kappa shape index (κ1) is 22.9. The van der Waals surface area contributed by atoms with Gasteiger partial charge in [-0.15, -0.1) is 0 Å². The summed E-state index contributed by atoms with van der Waals surface area (Å²) in [6.45, 7) is -0.491. The Bertz CT molecular complexity index is 1120. The van der Waals surface area contributed by atoms with Gasteiger partial charge in [0.1, 0.15) is 6.54 Å². The van der Waals surface area contributed by atoms with E-state index in [1.54, 1.807) is 18.2 Å². The van der Waals surface area contributed by atoms with E-state index in [9.17, 15) is 19.2 Å². The highest BCUT2D eigenvalue weighted by atomic mass is 79.9. The molecule has 11 heteroatoms. The molecule has 0 unspecified atom stereocenters. The van der Waals surface area contributed by atoms with Crippen molar-refractivity contribution in [3.63, 3.8) is 0 Å². The maximum atomic E-state index is 12.4. The standard InChI is InChI=1S/C20H14BrClN2O6S/c1-29-14-7-10(8-15-18(26)24(9-16(23)25)20(28)31-15)6-13(21)17(14)30-19(27)11-2-4-12(22)5-3-11/h2-8H,9H2,1H3,(H2,23,25)/b15-8-. The van der Waals surface area contributed by atoms with Crippen molar-refractivity contribution in [1.29, 1.82) is 0 Å². The second-order valence-corrected chi connectivity index (χ2v) is 8.45. The van der Waals surface area contributed by atoms with E-state index in [4.69, 9.17) is 26.8 Å². The smallest absolute Gasteiger partial charge is 0.343 e. The quantitative estimate of drug-likeness (QED) is 0.346. The highest BCUT2D eigenvalue weighted by molar-refractivity contribution is 9.10. The third-order valence-electron chi connectivity index (χ3n) is 4.01. The third-order valence-corrected chi connectivity index (χ3v) is 5.76. The number of halogens is 2. The van der Waals surface area contributed by atoms with Crippen LogP contribution >= 0.6 is 39.3 Å². The van der Waals surface area contributed by atoms with Crippen molar-refractivity contribution in [1.82, 2.24) is 4.90 Å². The number of ether oxygens (including phenoxy) is 2. The van der Waals surface area contributed by atoms with Gasteiger partial charge in [-0.1, -0.05) is 11.6 Å². The number of nitrogens with zero attached hydrogens (tertiary/aromatic N) is 1. The van der Waals surface area contributed by atoms with Gasteiger partial charge in [0.25, 0.3) is 11.1 Å². The minimum Gasteiger partial charge on any atom is -0.493 e. The molecule has 3 rings (SSSR count). The zero-order valence-corrected chi connectivity index (χ0v) is 19.0. The van der Waals surface area contributed by atoms with E-state index in [0.717, 1.165) is 4.90 Å². The maximum absolute atomic E-state index is 12.4. The summed E-state index contributed by atoms with van der Waals surface area (Å²) in [6.07, 6.45) is 1.46. The summed E-state index contributed by atoms with van der Waals surface area (Å²) in [6, 6.07) is 9.33. The first-order valence-corrected chi connectivity index (χ1v) is 10.6. The summed E-state index contributed by atoms with van der Waals surface area (Å²) >= 11 is 9.86. The molecule has 0 spiro atoms. The molecule has 31 heavy (non-hydrogen) atoms. The molecule has 160 valence electrons. The monoisotopic (exact) mass is 524 g/mol. The van der Waals surface area contributed by atoms with E-state index < -0.39 is 29.6 Å². The molecule has 0 saturated carbocycles. The molecule has 0 aromatic heterocycles. The van der Waals surface area contributed by atoms with Gasteiger partial charge in [0.05, 0.1) is 22.1 Å². The molecule has 2 aromatic carbocycles. The fourth-order valence-electron chi connectivity index (χ4n) is 2.60. The van der Waals surface area contributed by atoms with Gasteiger partial charge in [-0.2, -0.15) is 0 Å². The number of rotatable bonds is 6. The maximum Gasteiger partial charge on any atom is 0.343 e. The molecule has 1 heterocycles. The van der Waals surface area contributed by atoms with E-state index in [1.807, 2.05) is 0 Å². The Kier molecular flexibility index (Phi) is 7.04. The van der Waals surface area contributed by atoms with Crippen LogP contribution < -0.4 is 15.2 Å². The van der Waals surface area contributed by atoms with Crippen LogP contribution in [-0.2, 0) is 9.59 Å². The van der Waals surface area contributed by atoms with Crippen LogP contribution in [0.4, 0.5) is 4.79 Å². The van der Waals surface area contributed by atoms with Crippen molar-refractivity contribution in [3.8, 4) is 11.5 Å². The molecule has 3 amide bonds. The Morgan fingerprint density at radius 2 is 1.90 bits per heavy atom. The number of thioether (sulfide) groups is 1. The lowest BCUT2D eigenvalue weighted by Crippen LogP contribution is -2.36. The van der Waals surface area contributed by atoms with Crippen molar-refractivity contribution in [2.24, 2.45) is 5.73 Å². The summed E-state index contributed by atoms with van der Waals surface area (Å²) in [5, 5.41) is -0.102. The molecule has 2 N–H and O–H groups in total. The topological polar surface area (TPSA) is 116 Å². The van der Waals surface area contributed by atoms with Crippen LogP contribution in [0.25, 0.3) is 6.08 Å². The first-order chi connectivity index (χ1) is 14.7. The van der Waals surface area contributed by atoms with E-state index in [0.29, 0.717) is 32.4 Å². The van der Waals surface area contributed by atoms with Gasteiger partial charge in [-0.3, -0.25) is 19.3 Å². The number of nitrogens with two attached hydrogens (primary N) is 1. The van der Waals surface area contributed by atoms with Crippen molar-refractivity contribution >= 4 is 68.4 Å². The van der Waals surface area contributed by atoms with Crippen molar-refractivity contribution < 1.29 is 28.7 Å². The SMILES string of the molecule is COc1cc(/C=C2\SC(=O)N(CC(N)=O)C2=O)cc(Br)c1OC(=O)c1ccc(Cl)cc1. The van der Waals surface area contributed by atoms with E-state index in [-0.39, 0.29) is 16.4 Å². The van der Waals surface area contributed by atoms with Gasteiger partial charge in [-0.25, -0.2) is 4.79 Å². The van der Waals surface area contributed by atoms with Crippen molar-refractivity contribution in [3.05, 3.63) is 61.9 Å². The minimum atomic E-state index is -0.792. The largest absolute Gasteiger partial charge is 0.493 e. The minimum absolute atomic E-state index is 0.117. The lowest BCUT2D eigenvalue weighted by Gasteiger charge is -2.12. The Morgan fingerprint density at radius 3 is 2.52 bits per heavy atom. The van der Waals surface area contributed by atoms with Crippen LogP contribution in [0, 0.1) is 0 Å². The second-order valence-electron chi connectivity index (χ2n) is 6.16. The van der Waals surface area contributed by atoms with Gasteiger partial charge in [0, 0.05) is 5.02 Å². The van der Waals surface area contributed by atoms with Gasteiger partial charge in [0.15, 0.2) is 11.5 Å². The highest BCUT2D eigenvalue weighted by Gasteiger charge is 2.36. The van der Waals surface area contributed by atoms with Crippen molar-refractivity contribution in [2.45, 2.75) is 0 Å². The Morgan fingerprint density at radius 1 is 1.23 bits per heavy atom. The number of imide groups is 1. The number of carbonyl (C=O) groups is 4. The van der Waals surface area contributed by atoms with E-state index >= 15 is 0 Å². The van der Waals surface area contributed by atoms with E-state index in [2.05, 4.69) is 15.9 Å². The zero-order chi connectivity index (χ0) is 22.7. The number of amides is 3. The van der Waals surface area contributed by atoms with Crippen LogP contribution in [0.15, 0.2) is 45.8 Å². The molecule has 1 fully saturated rings. The number of benzene rings is 2. The Balaban J connectivity index is 1.87. The predicted molar refractivity (Wildman–Crippen MR) is 119 cm³/mol. The number of methoxy groups -OCH3 is 1. The second kappa shape index (κ2) is 9.54. The van der Waals surface area contributed by atoms with Gasteiger partial charge >= 0.3 is 5.97 Å². The number of hydrogen-bond donors (Lipinski definition) is 1. The molecule has 1 aliphatic heterocycles. The summed E-state index contributed by atoms with van der Waals surface area (Å²) in [5.41, 5.74) is 5.87. The van der Waals surface area contributed by atoms with Crippen LogP contribution in [-0.4, -0.2) is 41.6 Å². The molecule has 0 bridgehead atoms. The molecule has 0 radical (unpaired) electrons. The molecule has 1 saturated heterocycles. The molecular formula is C20H14BrClN2O6S. The van der Waals surface area contributed by atoms with Gasteiger partial charge < -0.3 is 15.2 Å². The summed E-state index contributed by atoms with van der Waals surface area (Å²) < 4.78 is 11.2. The average Bonchev–Trinajstić information content (AvgIpc) is 2.97. The molecule has 1 aliphatic rings. The number of esters is 1. The Labute approximate surface area is 194 Å². The van der Waals surface area contributed by atoms with Crippen LogP contribution in [0.3, 0.4) is 0 Å². The summed E-state index contributed by atoms with van der Waals surface area (Å²) in [4.78, 5) is 48.7. The van der Waals surface area contributed by atoms with E-state index in [1.165, 1.54) is 31.4 Å². The first-order valence-electron chi connectivity index (χ1n) is 8.58. The lowest BCUT2D eigenvalue weighted by atomic mass is 10.1. The van der Waals surface area contributed by atoms with Gasteiger partial charge in [0.2, 0.25) is 5.91 Å². The highest BCUT2D eigenvalue weighted by Crippen LogP contribution is 2.39. The van der Waals surface area contributed by atoms with Crippen molar-refractivity contribution in [2.75, 3.05) is 13.7 Å². The van der Waals surface area contributed by atoms with Gasteiger partial charge in [-0.05, 0) is 75.7 Å². The number of carbonyl (C=O) groups excluding carboxylic acids is 4. The predicted octanol–water partition coefficient (Wildman–Crippen LogP) is 3.85. The summed E-state index contributed by atoms with van der Waals surface area (Å²) in [5.74, 6) is -1.67. The molecule has 2 aromatic rings. The molecule has 0 aliphatic carbocycles. The third kappa shape index (κ3) is 5.27. The Hall–Kier alpha value is -2.82. The fraction of sp³-hybridized carbons (Fsp3) is 0.100.